The van der Waals surface area contributed by atoms with Gasteiger partial charge in [-0.1, -0.05) is 66.7 Å². The van der Waals surface area contributed by atoms with Gasteiger partial charge in [0.05, 0.1) is 0 Å². The summed E-state index contributed by atoms with van der Waals surface area (Å²) < 4.78 is 14.2. The minimum absolute atomic E-state index is 0.376. The van der Waals surface area contributed by atoms with Gasteiger partial charge in [-0.3, -0.25) is 0 Å². The minimum atomic E-state index is -2.65. The van der Waals surface area contributed by atoms with E-state index < -0.39 is 25.2 Å². The lowest BCUT2D eigenvalue weighted by atomic mass is 10.1. The first kappa shape index (κ1) is 28.4. The molecule has 0 spiro atoms. The lowest BCUT2D eigenvalue weighted by Crippen LogP contribution is -2.61. The van der Waals surface area contributed by atoms with E-state index in [-0.39, 0.29) is 0 Å². The van der Waals surface area contributed by atoms with Crippen LogP contribution >= 0.6 is 0 Å². The molecule has 2 N–H and O–H groups in total. The average Bonchev–Trinajstić information content (AvgIpc) is 2.81. The Labute approximate surface area is 220 Å². The van der Waals surface area contributed by atoms with Crippen LogP contribution in [0.3, 0.4) is 0 Å². The summed E-state index contributed by atoms with van der Waals surface area (Å²) in [5.41, 5.74) is 2.00. The number of aromatic hydroxyl groups is 2. The predicted octanol–water partition coefficient (Wildman–Crippen LogP) is 7.09. The molecule has 3 aromatic rings. The van der Waals surface area contributed by atoms with Gasteiger partial charge in [0.25, 0.3) is 0 Å². The molecule has 0 unspecified atom stereocenters. The summed E-state index contributed by atoms with van der Waals surface area (Å²) in [6.07, 6.45) is 3.67. The molecule has 0 bridgehead atoms. The van der Waals surface area contributed by atoms with Crippen molar-refractivity contribution in [2.45, 2.75) is 70.5 Å². The van der Waals surface area contributed by atoms with Gasteiger partial charge in [-0.15, -0.1) is 0 Å². The van der Waals surface area contributed by atoms with Gasteiger partial charge in [-0.2, -0.15) is 0 Å². The zero-order chi connectivity index (χ0) is 26.2. The van der Waals surface area contributed by atoms with E-state index in [2.05, 4.69) is 57.0 Å². The molecule has 0 atom stereocenters. The quantitative estimate of drug-likeness (QED) is 0.228. The molecule has 0 heterocycles. The maximum atomic E-state index is 10.1. The smallest absolute Gasteiger partial charge is 0.348 e. The molecule has 0 radical (unpaired) electrons. The van der Waals surface area contributed by atoms with E-state index in [1.807, 2.05) is 42.5 Å². The first-order valence-electron chi connectivity index (χ1n) is 13.0. The highest BCUT2D eigenvalue weighted by Crippen LogP contribution is 2.28. The first-order chi connectivity index (χ1) is 17.0. The van der Waals surface area contributed by atoms with Crippen LogP contribution in [0.4, 0.5) is 0 Å². The molecule has 194 valence electrons. The molecule has 0 fully saturated rings. The van der Waals surface area contributed by atoms with Crippen LogP contribution in [0.15, 0.2) is 78.9 Å². The molecule has 0 saturated carbocycles. The van der Waals surface area contributed by atoms with Gasteiger partial charge in [-0.05, 0) is 99.0 Å². The van der Waals surface area contributed by atoms with E-state index in [0.29, 0.717) is 11.5 Å². The predicted molar refractivity (Wildman–Crippen MR) is 157 cm³/mol. The van der Waals surface area contributed by atoms with Crippen molar-refractivity contribution in [3.8, 4) is 11.5 Å². The highest BCUT2D eigenvalue weighted by Gasteiger charge is 2.44. The van der Waals surface area contributed by atoms with Crippen molar-refractivity contribution in [3.05, 3.63) is 90.0 Å². The standard InChI is InChI=1S/C29H42O4Si3/c1-34(2,23-13-17-25-15-9-11-21-28(25)30)32-36(5,27-19-7-6-8-20-27)33-35(3,4)24-14-18-26-16-10-12-22-29(26)31/h6-12,15-16,19-22,30-31H,13-14,17-18,23-24H2,1-5H3. The average molecular weight is 539 g/mol. The van der Waals surface area contributed by atoms with Crippen molar-refractivity contribution in [2.24, 2.45) is 0 Å². The fraction of sp³-hybridized carbons (Fsp3) is 0.379. The number of phenolic OH excluding ortho intramolecular Hbond substituents is 2. The molecule has 0 aromatic heterocycles. The van der Waals surface area contributed by atoms with Gasteiger partial charge in [0, 0.05) is 0 Å². The SMILES string of the molecule is C[Si](C)(CCCc1ccccc1O)O[Si](C)(O[Si](C)(C)CCCc1ccccc1O)c1ccccc1. The van der Waals surface area contributed by atoms with Crippen LogP contribution < -0.4 is 5.19 Å². The first-order valence-corrected chi connectivity index (χ1v) is 21.5. The summed E-state index contributed by atoms with van der Waals surface area (Å²) in [5, 5.41) is 21.4. The lowest BCUT2D eigenvalue weighted by Gasteiger charge is -2.41. The van der Waals surface area contributed by atoms with E-state index in [9.17, 15) is 10.2 Å². The molecule has 4 nitrogen and oxygen atoms in total. The molecular formula is C29H42O4Si3. The molecular weight excluding hydrogens is 497 g/mol. The summed E-state index contributed by atoms with van der Waals surface area (Å²) >= 11 is 0. The fourth-order valence-electron chi connectivity index (χ4n) is 4.89. The number of hydrogen-bond acceptors (Lipinski definition) is 4. The van der Waals surface area contributed by atoms with Crippen LogP contribution in [0.2, 0.25) is 44.8 Å². The maximum absolute atomic E-state index is 10.1. The molecule has 0 aliphatic rings. The van der Waals surface area contributed by atoms with Gasteiger partial charge in [0.15, 0.2) is 16.6 Å². The summed E-state index contributed by atoms with van der Waals surface area (Å²) in [4.78, 5) is 0. The van der Waals surface area contributed by atoms with Crippen LogP contribution in [0.25, 0.3) is 0 Å². The number of phenols is 2. The van der Waals surface area contributed by atoms with Gasteiger partial charge >= 0.3 is 8.56 Å². The second-order valence-electron chi connectivity index (χ2n) is 11.0. The number of hydrogen-bond donors (Lipinski definition) is 2. The monoisotopic (exact) mass is 538 g/mol. The lowest BCUT2D eigenvalue weighted by molar-refractivity contribution is 0.395. The van der Waals surface area contributed by atoms with Gasteiger partial charge in [-0.25, -0.2) is 0 Å². The van der Waals surface area contributed by atoms with Crippen molar-refractivity contribution in [1.29, 1.82) is 0 Å². The Morgan fingerprint density at radius 2 is 0.944 bits per heavy atom. The Hall–Kier alpha value is -2.17. The van der Waals surface area contributed by atoms with Crippen LogP contribution in [-0.2, 0) is 21.1 Å². The molecule has 3 aromatic carbocycles. The molecule has 36 heavy (non-hydrogen) atoms. The van der Waals surface area contributed by atoms with E-state index in [0.717, 1.165) is 48.9 Å². The molecule has 0 amide bonds. The van der Waals surface area contributed by atoms with Crippen LogP contribution in [-0.4, -0.2) is 35.4 Å². The van der Waals surface area contributed by atoms with Gasteiger partial charge in [0.2, 0.25) is 0 Å². The Morgan fingerprint density at radius 3 is 1.36 bits per heavy atom. The summed E-state index contributed by atoms with van der Waals surface area (Å²) in [6.45, 7) is 11.4. The largest absolute Gasteiger partial charge is 0.508 e. The molecule has 0 aliphatic carbocycles. The van der Waals surface area contributed by atoms with Crippen molar-refractivity contribution < 1.29 is 18.4 Å². The molecule has 7 heteroatoms. The zero-order valence-corrected chi connectivity index (χ0v) is 25.5. The third-order valence-electron chi connectivity index (χ3n) is 6.67. The Bertz CT molecular complexity index is 1040. The minimum Gasteiger partial charge on any atom is -0.508 e. The van der Waals surface area contributed by atoms with Gasteiger partial charge in [0.1, 0.15) is 11.5 Å². The highest BCUT2D eigenvalue weighted by atomic mass is 28.5. The van der Waals surface area contributed by atoms with Crippen molar-refractivity contribution in [2.75, 3.05) is 0 Å². The summed E-state index contributed by atoms with van der Waals surface area (Å²) in [7, 11) is -6.73. The fourth-order valence-corrected chi connectivity index (χ4v) is 18.5. The second-order valence-corrected chi connectivity index (χ2v) is 23.1. The Kier molecular flexibility index (Phi) is 9.77. The third kappa shape index (κ3) is 8.45. The zero-order valence-electron chi connectivity index (χ0n) is 22.5. The number of benzene rings is 3. The van der Waals surface area contributed by atoms with E-state index >= 15 is 0 Å². The second kappa shape index (κ2) is 12.4. The van der Waals surface area contributed by atoms with Crippen molar-refractivity contribution >= 4 is 30.4 Å². The van der Waals surface area contributed by atoms with Gasteiger partial charge < -0.3 is 18.4 Å². The third-order valence-corrected chi connectivity index (χ3v) is 18.7. The van der Waals surface area contributed by atoms with Crippen molar-refractivity contribution in [1.82, 2.24) is 0 Å². The number of aryl methyl sites for hydroxylation is 2. The molecule has 0 saturated heterocycles. The number of rotatable bonds is 13. The van der Waals surface area contributed by atoms with E-state index in [4.69, 9.17) is 8.23 Å². The van der Waals surface area contributed by atoms with E-state index in [1.54, 1.807) is 12.1 Å². The summed E-state index contributed by atoms with van der Waals surface area (Å²) in [5.74, 6) is 0.752. The topological polar surface area (TPSA) is 58.9 Å². The highest BCUT2D eigenvalue weighted by molar-refractivity contribution is 6.94. The Morgan fingerprint density at radius 1 is 0.556 bits per heavy atom. The van der Waals surface area contributed by atoms with E-state index in [1.165, 1.54) is 5.19 Å². The normalized spacial score (nSPS) is 12.6. The van der Waals surface area contributed by atoms with Crippen LogP contribution in [0.5, 0.6) is 11.5 Å². The van der Waals surface area contributed by atoms with Crippen molar-refractivity contribution in [3.63, 3.8) is 0 Å². The molecule has 0 aliphatic heterocycles. The van der Waals surface area contributed by atoms with Crippen LogP contribution in [0, 0.1) is 0 Å². The maximum Gasteiger partial charge on any atom is 0.348 e. The van der Waals surface area contributed by atoms with Crippen LogP contribution in [0.1, 0.15) is 24.0 Å². The number of para-hydroxylation sites is 2. The Balaban J connectivity index is 1.67. The summed E-state index contributed by atoms with van der Waals surface area (Å²) in [6, 6.07) is 27.7. The molecule has 3 rings (SSSR count).